The number of carboxylic acid groups (broad SMARTS) is 1. The Morgan fingerprint density at radius 2 is 1.51 bits per heavy atom. The Morgan fingerprint density at radius 3 is 2.08 bits per heavy atom. The van der Waals surface area contributed by atoms with Crippen LogP contribution in [0.25, 0.3) is 22.9 Å². The van der Waals surface area contributed by atoms with E-state index in [0.29, 0.717) is 29.5 Å². The lowest BCUT2D eigenvalue weighted by molar-refractivity contribution is -0.136. The van der Waals surface area contributed by atoms with E-state index in [1.807, 2.05) is 36.4 Å². The first-order valence-electron chi connectivity index (χ1n) is 12.0. The van der Waals surface area contributed by atoms with Crippen molar-refractivity contribution in [1.29, 1.82) is 0 Å². The van der Waals surface area contributed by atoms with Crippen molar-refractivity contribution < 1.29 is 23.5 Å². The van der Waals surface area contributed by atoms with Crippen LogP contribution in [0.4, 0.5) is 10.1 Å². The summed E-state index contributed by atoms with van der Waals surface area (Å²) in [6, 6.07) is 20.9. The van der Waals surface area contributed by atoms with Gasteiger partial charge in [0.25, 0.3) is 5.91 Å². The fraction of sp³-hybridized carbons (Fsp3) is 0.214. The molecule has 1 unspecified atom stereocenters. The second-order valence-corrected chi connectivity index (χ2v) is 8.50. The molecule has 190 valence electrons. The topological polar surface area (TPSA) is 117 Å². The van der Waals surface area contributed by atoms with E-state index in [2.05, 4.69) is 27.8 Å². The normalized spacial score (nSPS) is 11.6. The zero-order valence-electron chi connectivity index (χ0n) is 20.3. The van der Waals surface area contributed by atoms with Crippen LogP contribution in [-0.2, 0) is 4.79 Å². The summed E-state index contributed by atoms with van der Waals surface area (Å²) in [6.07, 6.45) is 0.795. The predicted molar refractivity (Wildman–Crippen MR) is 138 cm³/mol. The molecular formula is C28H27FN4O4. The predicted octanol–water partition coefficient (Wildman–Crippen LogP) is 5.35. The lowest BCUT2D eigenvalue weighted by Gasteiger charge is -2.17. The molecule has 0 aliphatic carbocycles. The van der Waals surface area contributed by atoms with E-state index < -0.39 is 5.97 Å². The highest BCUT2D eigenvalue weighted by molar-refractivity contribution is 5.94. The molecule has 3 aromatic carbocycles. The molecule has 0 radical (unpaired) electrons. The smallest absolute Gasteiger partial charge is 0.305 e. The van der Waals surface area contributed by atoms with Gasteiger partial charge in [-0.15, -0.1) is 10.2 Å². The third-order valence-electron chi connectivity index (χ3n) is 5.96. The van der Waals surface area contributed by atoms with Crippen molar-refractivity contribution >= 4 is 17.6 Å². The minimum Gasteiger partial charge on any atom is -0.481 e. The van der Waals surface area contributed by atoms with Crippen molar-refractivity contribution in [2.24, 2.45) is 0 Å². The number of aliphatic carboxylic acids is 1. The van der Waals surface area contributed by atoms with E-state index in [1.54, 1.807) is 24.3 Å². The first-order valence-corrected chi connectivity index (χ1v) is 12.0. The maximum atomic E-state index is 13.1. The van der Waals surface area contributed by atoms with Gasteiger partial charge in [0.2, 0.25) is 11.8 Å². The molecule has 0 aliphatic heterocycles. The van der Waals surface area contributed by atoms with E-state index in [1.165, 1.54) is 12.1 Å². The Hall–Kier alpha value is -4.53. The highest BCUT2D eigenvalue weighted by Gasteiger charge is 2.13. The third-order valence-corrected chi connectivity index (χ3v) is 5.96. The zero-order chi connectivity index (χ0) is 26.2. The van der Waals surface area contributed by atoms with Gasteiger partial charge in [0.15, 0.2) is 0 Å². The molecule has 1 heterocycles. The lowest BCUT2D eigenvalue weighted by Crippen LogP contribution is -2.26. The van der Waals surface area contributed by atoms with E-state index in [9.17, 15) is 14.0 Å². The maximum absolute atomic E-state index is 13.1. The van der Waals surface area contributed by atoms with Gasteiger partial charge in [-0.1, -0.05) is 19.1 Å². The van der Waals surface area contributed by atoms with Crippen molar-refractivity contribution in [1.82, 2.24) is 15.5 Å². The van der Waals surface area contributed by atoms with Gasteiger partial charge in [-0.25, -0.2) is 4.39 Å². The fourth-order valence-corrected chi connectivity index (χ4v) is 3.81. The van der Waals surface area contributed by atoms with Crippen LogP contribution in [0.15, 0.2) is 77.2 Å². The fourth-order valence-electron chi connectivity index (χ4n) is 3.81. The van der Waals surface area contributed by atoms with Crippen LogP contribution in [0.2, 0.25) is 0 Å². The molecule has 3 N–H and O–H groups in total. The molecule has 0 saturated carbocycles. The van der Waals surface area contributed by atoms with Crippen LogP contribution in [0, 0.1) is 5.82 Å². The van der Waals surface area contributed by atoms with Crippen molar-refractivity contribution in [2.75, 3.05) is 18.4 Å². The van der Waals surface area contributed by atoms with Crippen LogP contribution >= 0.6 is 0 Å². The summed E-state index contributed by atoms with van der Waals surface area (Å²) in [4.78, 5) is 22.8. The van der Waals surface area contributed by atoms with Crippen LogP contribution < -0.4 is 10.6 Å². The zero-order valence-corrected chi connectivity index (χ0v) is 20.3. The summed E-state index contributed by atoms with van der Waals surface area (Å²) >= 11 is 0. The number of carboxylic acids is 1. The first-order chi connectivity index (χ1) is 17.9. The minimum absolute atomic E-state index is 0.0954. The van der Waals surface area contributed by atoms with Crippen molar-refractivity contribution in [3.8, 4) is 22.9 Å². The minimum atomic E-state index is -0.950. The van der Waals surface area contributed by atoms with Gasteiger partial charge in [-0.05, 0) is 72.6 Å². The maximum Gasteiger partial charge on any atom is 0.305 e. The Morgan fingerprint density at radius 1 is 0.919 bits per heavy atom. The van der Waals surface area contributed by atoms with E-state index in [4.69, 9.17) is 9.52 Å². The molecule has 1 aromatic heterocycles. The van der Waals surface area contributed by atoms with Gasteiger partial charge in [0.05, 0.1) is 6.42 Å². The summed E-state index contributed by atoms with van der Waals surface area (Å²) < 4.78 is 18.9. The number of aromatic nitrogens is 2. The molecule has 1 amide bonds. The number of carbonyl (C=O) groups is 2. The third kappa shape index (κ3) is 6.78. The summed E-state index contributed by atoms with van der Waals surface area (Å²) in [7, 11) is 0. The van der Waals surface area contributed by atoms with E-state index in [0.717, 1.165) is 23.2 Å². The molecule has 9 heteroatoms. The van der Waals surface area contributed by atoms with E-state index in [-0.39, 0.29) is 30.6 Å². The monoisotopic (exact) mass is 502 g/mol. The van der Waals surface area contributed by atoms with Crippen molar-refractivity contribution in [2.45, 2.75) is 25.7 Å². The van der Waals surface area contributed by atoms with Gasteiger partial charge >= 0.3 is 5.97 Å². The summed E-state index contributed by atoms with van der Waals surface area (Å²) in [6.45, 7) is 2.91. The van der Waals surface area contributed by atoms with Gasteiger partial charge in [0.1, 0.15) is 5.82 Å². The number of hydrogen-bond acceptors (Lipinski definition) is 6. The number of benzene rings is 3. The molecule has 0 saturated heterocycles. The number of rotatable bonds is 11. The average molecular weight is 503 g/mol. The number of halogens is 1. The van der Waals surface area contributed by atoms with Crippen molar-refractivity contribution in [3.63, 3.8) is 0 Å². The molecule has 0 bridgehead atoms. The number of nitrogens with zero attached hydrogens (tertiary/aromatic N) is 2. The molecular weight excluding hydrogens is 475 g/mol. The molecule has 37 heavy (non-hydrogen) atoms. The number of amides is 1. The summed E-state index contributed by atoms with van der Waals surface area (Å²) in [5.41, 5.74) is 3.96. The molecule has 4 rings (SSSR count). The number of carbonyl (C=O) groups excluding carboxylic acids is 1. The van der Waals surface area contributed by atoms with Crippen LogP contribution in [-0.4, -0.2) is 40.3 Å². The second kappa shape index (κ2) is 11.9. The Kier molecular flexibility index (Phi) is 8.25. The average Bonchev–Trinajstić information content (AvgIpc) is 3.40. The van der Waals surface area contributed by atoms with Crippen LogP contribution in [0.1, 0.15) is 41.6 Å². The Balaban J connectivity index is 1.33. The van der Waals surface area contributed by atoms with Crippen LogP contribution in [0.3, 0.4) is 0 Å². The molecule has 0 fully saturated rings. The highest BCUT2D eigenvalue weighted by Crippen LogP contribution is 2.26. The quantitative estimate of drug-likeness (QED) is 0.253. The number of anilines is 1. The van der Waals surface area contributed by atoms with Gasteiger partial charge in [-0.3, -0.25) is 9.59 Å². The largest absolute Gasteiger partial charge is 0.481 e. The number of hydrogen-bond donors (Lipinski definition) is 3. The molecule has 8 nitrogen and oxygen atoms in total. The summed E-state index contributed by atoms with van der Waals surface area (Å²) in [5.74, 6) is -0.625. The van der Waals surface area contributed by atoms with Gasteiger partial charge < -0.3 is 20.2 Å². The SMILES string of the molecule is CCC(CNc1ccc(-c2nnc(-c3ccc(F)cc3)o2)cc1)c1ccc(C(=O)NCCC(=O)O)cc1. The highest BCUT2D eigenvalue weighted by atomic mass is 19.1. The molecule has 1 atom stereocenters. The standard InChI is InChI=1S/C28H27FN4O4/c1-2-18(19-3-5-20(6-4-19)26(36)30-16-15-25(34)35)17-31-24-13-9-22(10-14-24)28-33-32-27(37-28)21-7-11-23(29)12-8-21/h3-14,18,31H,2,15-17H2,1H3,(H,30,36)(H,34,35). The van der Waals surface area contributed by atoms with Crippen molar-refractivity contribution in [3.05, 3.63) is 89.7 Å². The van der Waals surface area contributed by atoms with E-state index >= 15 is 0 Å². The second-order valence-electron chi connectivity index (χ2n) is 8.50. The first kappa shape index (κ1) is 25.6. The molecule has 0 spiro atoms. The van der Waals surface area contributed by atoms with Gasteiger partial charge in [-0.2, -0.15) is 0 Å². The van der Waals surface area contributed by atoms with Gasteiger partial charge in [0, 0.05) is 41.4 Å². The lowest BCUT2D eigenvalue weighted by atomic mass is 9.95. The Labute approximate surface area is 213 Å². The number of nitrogens with one attached hydrogen (secondary N) is 2. The molecule has 0 aliphatic rings. The van der Waals surface area contributed by atoms with Crippen LogP contribution in [0.5, 0.6) is 0 Å². The molecule has 4 aromatic rings. The Bertz CT molecular complexity index is 1340. The summed E-state index contributed by atoms with van der Waals surface area (Å²) in [5, 5.41) is 22.9.